The molecule has 0 fully saturated rings. The third-order valence-corrected chi connectivity index (χ3v) is 7.42. The van der Waals surface area contributed by atoms with E-state index in [1.807, 2.05) is 44.2 Å². The summed E-state index contributed by atoms with van der Waals surface area (Å²) in [4.78, 5) is 36.9. The summed E-state index contributed by atoms with van der Waals surface area (Å²) in [6, 6.07) is 17.8. The minimum absolute atomic E-state index is 0.286. The van der Waals surface area contributed by atoms with Gasteiger partial charge in [0.1, 0.15) is 12.1 Å². The minimum Gasteiger partial charge on any atom is -0.406 e. The molecule has 0 spiro atoms. The molecule has 0 bridgehead atoms. The maximum Gasteiger partial charge on any atom is 0.573 e. The number of hydrogen-bond donors (Lipinski definition) is 1. The first kappa shape index (κ1) is 34.0. The average Bonchev–Trinajstić information content (AvgIpc) is 3.50. The zero-order chi connectivity index (χ0) is 33.3. The largest absolute Gasteiger partial charge is 0.573 e. The van der Waals surface area contributed by atoms with Crippen LogP contribution in [-0.2, 0) is 17.8 Å². The van der Waals surface area contributed by atoms with Crippen molar-refractivity contribution < 1.29 is 27.5 Å². The third kappa shape index (κ3) is 9.33. The standard InChI is InChI=1S/C32H34F3N7O3S/c1-5-7-24-11-8-22(3)18-28(24)41(21-43)31(46-6-2)38-30(44)37-25-12-9-23(10-13-25)19-40(4)29-36-20-42(39-29)26-14-16-27(17-15-26)45-32(33,34)35/h8-18,20-21H,5-7,19H2,1-4H3,(H,37,44). The molecule has 14 heteroatoms. The highest BCUT2D eigenvalue weighted by atomic mass is 32.2. The summed E-state index contributed by atoms with van der Waals surface area (Å²) in [5.41, 5.74) is 4.66. The molecule has 3 amide bonds. The van der Waals surface area contributed by atoms with Crippen molar-refractivity contribution in [3.63, 3.8) is 0 Å². The van der Waals surface area contributed by atoms with Crippen LogP contribution < -0.4 is 19.9 Å². The molecule has 0 aliphatic carbocycles. The van der Waals surface area contributed by atoms with Crippen molar-refractivity contribution >= 4 is 46.7 Å². The van der Waals surface area contributed by atoms with E-state index in [1.165, 1.54) is 51.9 Å². The normalized spacial score (nSPS) is 11.7. The summed E-state index contributed by atoms with van der Waals surface area (Å²) in [7, 11) is 1.80. The van der Waals surface area contributed by atoms with Gasteiger partial charge in [0.15, 0.2) is 5.17 Å². The van der Waals surface area contributed by atoms with Gasteiger partial charge < -0.3 is 15.0 Å². The number of nitrogens with one attached hydrogen (secondary N) is 1. The highest BCUT2D eigenvalue weighted by Crippen LogP contribution is 2.27. The van der Waals surface area contributed by atoms with Gasteiger partial charge in [0.2, 0.25) is 12.4 Å². The number of nitrogens with zero attached hydrogens (tertiary/aromatic N) is 6. The van der Waals surface area contributed by atoms with Crippen molar-refractivity contribution in [3.05, 3.63) is 89.7 Å². The van der Waals surface area contributed by atoms with Gasteiger partial charge in [-0.1, -0.05) is 56.3 Å². The molecule has 0 aliphatic rings. The molecule has 242 valence electrons. The van der Waals surface area contributed by atoms with Crippen molar-refractivity contribution in [1.29, 1.82) is 0 Å². The Morgan fingerprint density at radius 2 is 1.80 bits per heavy atom. The Morgan fingerprint density at radius 3 is 2.43 bits per heavy atom. The molecular formula is C32H34F3N7O3S. The Morgan fingerprint density at radius 1 is 1.09 bits per heavy atom. The maximum absolute atomic E-state index is 12.9. The van der Waals surface area contributed by atoms with E-state index in [4.69, 9.17) is 0 Å². The molecule has 0 unspecified atom stereocenters. The first-order valence-corrected chi connectivity index (χ1v) is 15.4. The summed E-state index contributed by atoms with van der Waals surface area (Å²) < 4.78 is 42.6. The van der Waals surface area contributed by atoms with E-state index >= 15 is 0 Å². The van der Waals surface area contributed by atoms with Gasteiger partial charge in [0.25, 0.3) is 0 Å². The molecule has 46 heavy (non-hydrogen) atoms. The smallest absolute Gasteiger partial charge is 0.406 e. The number of benzene rings is 3. The molecule has 1 N–H and O–H groups in total. The number of hydrogen-bond acceptors (Lipinski definition) is 7. The molecule has 1 aromatic heterocycles. The Labute approximate surface area is 269 Å². The molecule has 0 aliphatic heterocycles. The number of rotatable bonds is 11. The number of aryl methyl sites for hydroxylation is 2. The molecule has 0 saturated carbocycles. The zero-order valence-corrected chi connectivity index (χ0v) is 26.6. The summed E-state index contributed by atoms with van der Waals surface area (Å²) in [6.07, 6.45) is -0.920. The van der Waals surface area contributed by atoms with E-state index in [2.05, 4.69) is 32.1 Å². The monoisotopic (exact) mass is 653 g/mol. The number of alkyl halides is 3. The van der Waals surface area contributed by atoms with Crippen LogP contribution in [0.5, 0.6) is 5.75 Å². The summed E-state index contributed by atoms with van der Waals surface area (Å²) in [5.74, 6) is 0.689. The van der Waals surface area contributed by atoms with Gasteiger partial charge in [0.05, 0.1) is 11.4 Å². The molecule has 3 aromatic carbocycles. The van der Waals surface area contributed by atoms with E-state index in [-0.39, 0.29) is 10.9 Å². The Balaban J connectivity index is 1.40. The number of aromatic nitrogens is 3. The topological polar surface area (TPSA) is 105 Å². The quantitative estimate of drug-likeness (QED) is 0.102. The van der Waals surface area contributed by atoms with Crippen LogP contribution in [0.15, 0.2) is 78.0 Å². The van der Waals surface area contributed by atoms with Crippen LogP contribution in [0.25, 0.3) is 5.69 Å². The number of halogens is 3. The van der Waals surface area contributed by atoms with Gasteiger partial charge >= 0.3 is 12.4 Å². The predicted molar refractivity (Wildman–Crippen MR) is 175 cm³/mol. The Hall–Kier alpha value is -4.85. The molecule has 1 heterocycles. The first-order valence-electron chi connectivity index (χ1n) is 14.4. The van der Waals surface area contributed by atoms with Gasteiger partial charge in [-0.3, -0.25) is 9.69 Å². The lowest BCUT2D eigenvalue weighted by atomic mass is 10.0. The van der Waals surface area contributed by atoms with Crippen molar-refractivity contribution in [3.8, 4) is 11.4 Å². The van der Waals surface area contributed by atoms with Crippen LogP contribution in [0.1, 0.15) is 37.0 Å². The van der Waals surface area contributed by atoms with Gasteiger partial charge in [-0.15, -0.1) is 18.3 Å². The van der Waals surface area contributed by atoms with Gasteiger partial charge in [0, 0.05) is 19.3 Å². The number of thioether (sulfide) groups is 1. The van der Waals surface area contributed by atoms with Crippen molar-refractivity contribution in [2.45, 2.75) is 46.5 Å². The van der Waals surface area contributed by atoms with Gasteiger partial charge in [-0.25, -0.2) is 9.48 Å². The number of amides is 3. The van der Waals surface area contributed by atoms with Crippen LogP contribution in [0, 0.1) is 6.92 Å². The van der Waals surface area contributed by atoms with Crippen LogP contribution in [0.3, 0.4) is 0 Å². The lowest BCUT2D eigenvalue weighted by molar-refractivity contribution is -0.274. The van der Waals surface area contributed by atoms with Crippen molar-refractivity contribution in [2.75, 3.05) is 27.9 Å². The Kier molecular flexibility index (Phi) is 11.4. The van der Waals surface area contributed by atoms with Crippen molar-refractivity contribution in [1.82, 2.24) is 14.8 Å². The van der Waals surface area contributed by atoms with Crippen LogP contribution in [0.2, 0.25) is 0 Å². The fraction of sp³-hybridized carbons (Fsp3) is 0.281. The van der Waals surface area contributed by atoms with Crippen LogP contribution >= 0.6 is 11.8 Å². The number of urea groups is 1. The van der Waals surface area contributed by atoms with Crippen LogP contribution in [0.4, 0.5) is 35.3 Å². The first-order chi connectivity index (χ1) is 22.0. The molecule has 4 rings (SSSR count). The third-order valence-electron chi connectivity index (χ3n) is 6.58. The Bertz CT molecular complexity index is 1660. The number of anilines is 3. The van der Waals surface area contributed by atoms with E-state index in [0.717, 1.165) is 29.5 Å². The molecule has 0 radical (unpaired) electrons. The minimum atomic E-state index is -4.76. The lowest BCUT2D eigenvalue weighted by Gasteiger charge is -2.22. The zero-order valence-electron chi connectivity index (χ0n) is 25.8. The number of aliphatic imine (C=N–C) groups is 1. The molecule has 0 atom stereocenters. The second kappa shape index (κ2) is 15.4. The summed E-state index contributed by atoms with van der Waals surface area (Å²) in [5, 5.41) is 7.46. The number of carbonyl (C=O) groups excluding carboxylic acids is 2. The van der Waals surface area contributed by atoms with Crippen LogP contribution in [-0.4, -0.2) is 51.5 Å². The van der Waals surface area contributed by atoms with E-state index in [1.54, 1.807) is 24.1 Å². The number of amidine groups is 1. The second-order valence-electron chi connectivity index (χ2n) is 10.2. The second-order valence-corrected chi connectivity index (χ2v) is 11.4. The lowest BCUT2D eigenvalue weighted by Crippen LogP contribution is -2.30. The van der Waals surface area contributed by atoms with E-state index in [9.17, 15) is 22.8 Å². The SMILES string of the molecule is CCCc1ccc(C)cc1N(C=O)C(=NC(=O)Nc1ccc(CN(C)c2ncn(-c3ccc(OC(F)(F)F)cc3)n2)cc1)SCC. The average molecular weight is 654 g/mol. The van der Waals surface area contributed by atoms with Gasteiger partial charge in [-0.05, 0) is 78.3 Å². The van der Waals surface area contributed by atoms with Gasteiger partial charge in [-0.2, -0.15) is 9.98 Å². The van der Waals surface area contributed by atoms with Crippen molar-refractivity contribution in [2.24, 2.45) is 4.99 Å². The molecule has 10 nitrogen and oxygen atoms in total. The maximum atomic E-state index is 12.9. The number of ether oxygens (including phenoxy) is 1. The van der Waals surface area contributed by atoms with E-state index in [0.29, 0.717) is 41.7 Å². The van der Waals surface area contributed by atoms with E-state index < -0.39 is 12.4 Å². The predicted octanol–water partition coefficient (Wildman–Crippen LogP) is 7.37. The number of carbonyl (C=O) groups is 2. The summed E-state index contributed by atoms with van der Waals surface area (Å²) in [6.45, 7) is 6.38. The fourth-order valence-corrected chi connectivity index (χ4v) is 5.19. The summed E-state index contributed by atoms with van der Waals surface area (Å²) >= 11 is 1.30. The highest BCUT2D eigenvalue weighted by molar-refractivity contribution is 8.14. The fourth-order valence-electron chi connectivity index (χ4n) is 4.50. The molecular weight excluding hydrogens is 619 g/mol. The molecule has 0 saturated heterocycles. The highest BCUT2D eigenvalue weighted by Gasteiger charge is 2.31. The molecule has 4 aromatic rings.